The molecule has 1 rings (SSSR count). The van der Waals surface area contributed by atoms with Crippen LogP contribution in [-0.2, 0) is 9.53 Å². The summed E-state index contributed by atoms with van der Waals surface area (Å²) >= 11 is 0. The molecule has 0 heterocycles. The summed E-state index contributed by atoms with van der Waals surface area (Å²) in [6.07, 6.45) is 9.49. The molecule has 2 atom stereocenters. The van der Waals surface area contributed by atoms with Crippen LogP contribution < -0.4 is 0 Å². The van der Waals surface area contributed by atoms with Crippen LogP contribution in [-0.4, -0.2) is 12.6 Å². The normalized spacial score (nSPS) is 24.9. The average Bonchev–Trinajstić information content (AvgIpc) is 2.30. The van der Waals surface area contributed by atoms with Gasteiger partial charge in [-0.15, -0.1) is 0 Å². The molecule has 0 radical (unpaired) electrons. The van der Waals surface area contributed by atoms with Gasteiger partial charge in [0.1, 0.15) is 0 Å². The Balaban J connectivity index is 2.65. The molecule has 2 heteroatoms. The Labute approximate surface area is 117 Å². The highest BCUT2D eigenvalue weighted by Crippen LogP contribution is 2.41. The second kappa shape index (κ2) is 6.93. The number of allylic oxidation sites excluding steroid dienone is 4. The van der Waals surface area contributed by atoms with E-state index >= 15 is 0 Å². The molecule has 0 bridgehead atoms. The highest BCUT2D eigenvalue weighted by Gasteiger charge is 2.32. The molecular weight excluding hydrogens is 236 g/mol. The fraction of sp³-hybridized carbons (Fsp3) is 0.706. The Morgan fingerprint density at radius 2 is 2.11 bits per heavy atom. The van der Waals surface area contributed by atoms with Crippen molar-refractivity contribution in [2.75, 3.05) is 6.61 Å². The van der Waals surface area contributed by atoms with E-state index in [0.717, 1.165) is 12.8 Å². The van der Waals surface area contributed by atoms with Gasteiger partial charge in [0.2, 0.25) is 0 Å². The minimum Gasteiger partial charge on any atom is -0.466 e. The molecule has 0 fully saturated rings. The molecular formula is C17H28O2. The number of hydrogen-bond acceptors (Lipinski definition) is 2. The standard InChI is InChI=1S/C17H28O2/c1-6-19-16(18)12-14-9-10-17(4,5)15(11-14)8-7-13(2)3/h7,9-10,14-15H,6,8,11-12H2,1-5H3/t14-,15-/m0/s1. The van der Waals surface area contributed by atoms with Crippen LogP contribution in [0.3, 0.4) is 0 Å². The highest BCUT2D eigenvalue weighted by atomic mass is 16.5. The van der Waals surface area contributed by atoms with Crippen LogP contribution >= 0.6 is 0 Å². The van der Waals surface area contributed by atoms with Crippen molar-refractivity contribution in [1.82, 2.24) is 0 Å². The van der Waals surface area contributed by atoms with Gasteiger partial charge >= 0.3 is 5.97 Å². The third-order valence-corrected chi connectivity index (χ3v) is 3.98. The van der Waals surface area contributed by atoms with Gasteiger partial charge in [0.25, 0.3) is 0 Å². The van der Waals surface area contributed by atoms with Crippen LogP contribution in [0, 0.1) is 17.3 Å². The zero-order valence-corrected chi connectivity index (χ0v) is 13.0. The fourth-order valence-corrected chi connectivity index (χ4v) is 2.63. The van der Waals surface area contributed by atoms with Crippen LogP contribution in [0.4, 0.5) is 0 Å². The molecule has 0 aromatic rings. The average molecular weight is 264 g/mol. The summed E-state index contributed by atoms with van der Waals surface area (Å²) in [5, 5.41) is 0. The number of carbonyl (C=O) groups excluding carboxylic acids is 1. The highest BCUT2D eigenvalue weighted by molar-refractivity contribution is 5.69. The molecule has 0 N–H and O–H groups in total. The lowest BCUT2D eigenvalue weighted by Gasteiger charge is -2.37. The Bertz CT molecular complexity index is 359. The van der Waals surface area contributed by atoms with Gasteiger partial charge in [-0.1, -0.05) is 37.6 Å². The van der Waals surface area contributed by atoms with E-state index in [4.69, 9.17) is 4.74 Å². The number of hydrogen-bond donors (Lipinski definition) is 0. The van der Waals surface area contributed by atoms with Crippen molar-refractivity contribution in [3.8, 4) is 0 Å². The van der Waals surface area contributed by atoms with E-state index < -0.39 is 0 Å². The van der Waals surface area contributed by atoms with Gasteiger partial charge < -0.3 is 4.74 Å². The second-order valence-corrected chi connectivity index (χ2v) is 6.40. The van der Waals surface area contributed by atoms with E-state index in [1.807, 2.05) is 6.92 Å². The number of ether oxygens (including phenoxy) is 1. The summed E-state index contributed by atoms with van der Waals surface area (Å²) in [7, 11) is 0. The molecule has 0 aromatic heterocycles. The smallest absolute Gasteiger partial charge is 0.306 e. The van der Waals surface area contributed by atoms with Crippen molar-refractivity contribution in [1.29, 1.82) is 0 Å². The van der Waals surface area contributed by atoms with E-state index in [-0.39, 0.29) is 11.4 Å². The van der Waals surface area contributed by atoms with Gasteiger partial charge in [-0.05, 0) is 50.9 Å². The van der Waals surface area contributed by atoms with Gasteiger partial charge in [0.05, 0.1) is 13.0 Å². The van der Waals surface area contributed by atoms with Crippen molar-refractivity contribution < 1.29 is 9.53 Å². The van der Waals surface area contributed by atoms with Crippen molar-refractivity contribution in [2.24, 2.45) is 17.3 Å². The summed E-state index contributed by atoms with van der Waals surface area (Å²) in [6, 6.07) is 0. The molecule has 19 heavy (non-hydrogen) atoms. The quantitative estimate of drug-likeness (QED) is 0.539. The fourth-order valence-electron chi connectivity index (χ4n) is 2.63. The first-order valence-corrected chi connectivity index (χ1v) is 7.33. The van der Waals surface area contributed by atoms with Crippen molar-refractivity contribution in [3.63, 3.8) is 0 Å². The third-order valence-electron chi connectivity index (χ3n) is 3.98. The first-order chi connectivity index (χ1) is 8.85. The molecule has 0 unspecified atom stereocenters. The molecule has 0 saturated carbocycles. The lowest BCUT2D eigenvalue weighted by molar-refractivity contribution is -0.144. The Morgan fingerprint density at radius 1 is 1.42 bits per heavy atom. The predicted molar refractivity (Wildman–Crippen MR) is 79.8 cm³/mol. The SMILES string of the molecule is CCOC(=O)C[C@H]1C=CC(C)(C)[C@@H](CC=C(C)C)C1. The molecule has 1 aliphatic carbocycles. The summed E-state index contributed by atoms with van der Waals surface area (Å²) < 4.78 is 5.05. The van der Waals surface area contributed by atoms with E-state index in [1.54, 1.807) is 0 Å². The largest absolute Gasteiger partial charge is 0.466 e. The third kappa shape index (κ3) is 5.22. The lowest BCUT2D eigenvalue weighted by Crippen LogP contribution is -2.28. The number of esters is 1. The van der Waals surface area contributed by atoms with Gasteiger partial charge in [-0.25, -0.2) is 0 Å². The van der Waals surface area contributed by atoms with Crippen molar-refractivity contribution in [2.45, 2.75) is 53.9 Å². The maximum atomic E-state index is 11.6. The molecule has 0 spiro atoms. The minimum absolute atomic E-state index is 0.0715. The molecule has 2 nitrogen and oxygen atoms in total. The van der Waals surface area contributed by atoms with Gasteiger partial charge in [-0.3, -0.25) is 4.79 Å². The zero-order chi connectivity index (χ0) is 14.5. The van der Waals surface area contributed by atoms with Crippen LogP contribution in [0.5, 0.6) is 0 Å². The Kier molecular flexibility index (Phi) is 5.84. The summed E-state index contributed by atoms with van der Waals surface area (Å²) in [6.45, 7) is 11.2. The molecule has 0 aromatic carbocycles. The minimum atomic E-state index is -0.0715. The molecule has 108 valence electrons. The summed E-state index contributed by atoms with van der Waals surface area (Å²) in [5.74, 6) is 0.868. The van der Waals surface area contributed by atoms with Crippen molar-refractivity contribution in [3.05, 3.63) is 23.8 Å². The summed E-state index contributed by atoms with van der Waals surface area (Å²) in [4.78, 5) is 11.6. The van der Waals surface area contributed by atoms with Crippen molar-refractivity contribution >= 4 is 5.97 Å². The predicted octanol–water partition coefficient (Wildman–Crippen LogP) is 4.51. The van der Waals surface area contributed by atoms with E-state index in [9.17, 15) is 4.79 Å². The topological polar surface area (TPSA) is 26.3 Å². The monoisotopic (exact) mass is 264 g/mol. The van der Waals surface area contributed by atoms with Crippen LogP contribution in [0.2, 0.25) is 0 Å². The Morgan fingerprint density at radius 3 is 2.68 bits per heavy atom. The first-order valence-electron chi connectivity index (χ1n) is 7.33. The lowest BCUT2D eigenvalue weighted by atomic mass is 9.68. The zero-order valence-electron chi connectivity index (χ0n) is 13.0. The van der Waals surface area contributed by atoms with Gasteiger partial charge in [0.15, 0.2) is 0 Å². The maximum absolute atomic E-state index is 11.6. The van der Waals surface area contributed by atoms with Crippen LogP contribution in [0.1, 0.15) is 53.9 Å². The maximum Gasteiger partial charge on any atom is 0.306 e. The molecule has 1 aliphatic rings. The first kappa shape index (κ1) is 16.0. The van der Waals surface area contributed by atoms with Gasteiger partial charge in [0, 0.05) is 0 Å². The Hall–Kier alpha value is -1.05. The second-order valence-electron chi connectivity index (χ2n) is 6.40. The van der Waals surface area contributed by atoms with Crippen LogP contribution in [0.25, 0.3) is 0 Å². The molecule has 0 aliphatic heterocycles. The van der Waals surface area contributed by atoms with Crippen LogP contribution in [0.15, 0.2) is 23.8 Å². The molecule has 0 saturated heterocycles. The number of rotatable bonds is 5. The summed E-state index contributed by atoms with van der Waals surface area (Å²) in [5.41, 5.74) is 1.59. The molecule has 0 amide bonds. The van der Waals surface area contributed by atoms with E-state index in [2.05, 4.69) is 45.9 Å². The van der Waals surface area contributed by atoms with E-state index in [1.165, 1.54) is 5.57 Å². The van der Waals surface area contributed by atoms with E-state index in [0.29, 0.717) is 24.9 Å². The number of carbonyl (C=O) groups is 1. The van der Waals surface area contributed by atoms with Gasteiger partial charge in [-0.2, -0.15) is 0 Å².